The normalized spacial score (nSPS) is 13.3. The Hall–Kier alpha value is -0.300. The van der Waals surface area contributed by atoms with Crippen LogP contribution in [0.1, 0.15) is 34.1 Å². The molecule has 10 heavy (non-hydrogen) atoms. The third kappa shape index (κ3) is 15.6. The molecule has 0 rings (SSSR count). The monoisotopic (exact) mass is 143 g/mol. The Morgan fingerprint density at radius 2 is 1.60 bits per heavy atom. The molecule has 1 nitrogen and oxygen atoms in total. The van der Waals surface area contributed by atoms with Gasteiger partial charge in [-0.05, 0) is 18.8 Å². The van der Waals surface area contributed by atoms with Crippen LogP contribution in [-0.2, 0) is 0 Å². The molecule has 1 unspecified atom stereocenters. The predicted octanol–water partition coefficient (Wildman–Crippen LogP) is 2.57. The molecule has 62 valence electrons. The van der Waals surface area contributed by atoms with Gasteiger partial charge in [0.2, 0.25) is 0 Å². The Balaban J connectivity index is 0. The summed E-state index contributed by atoms with van der Waals surface area (Å²) in [4.78, 5) is 0. The van der Waals surface area contributed by atoms with E-state index in [0.717, 1.165) is 6.42 Å². The Bertz CT molecular complexity index is 69.3. The van der Waals surface area contributed by atoms with Gasteiger partial charge in [0.25, 0.3) is 0 Å². The average molecular weight is 143 g/mol. The summed E-state index contributed by atoms with van der Waals surface area (Å²) >= 11 is 0. The SMILES string of the molecule is C=C.CC(N)CC(C)(C)C. The van der Waals surface area contributed by atoms with E-state index < -0.39 is 0 Å². The summed E-state index contributed by atoms with van der Waals surface area (Å²) in [5.74, 6) is 0. The molecule has 0 heterocycles. The van der Waals surface area contributed by atoms with Crippen LogP contribution in [0.5, 0.6) is 0 Å². The van der Waals surface area contributed by atoms with Crippen LogP contribution in [0.4, 0.5) is 0 Å². The van der Waals surface area contributed by atoms with Crippen LogP contribution >= 0.6 is 0 Å². The van der Waals surface area contributed by atoms with Gasteiger partial charge in [0.1, 0.15) is 0 Å². The quantitative estimate of drug-likeness (QED) is 0.561. The van der Waals surface area contributed by atoms with Gasteiger partial charge in [-0.25, -0.2) is 0 Å². The Labute approximate surface area is 65.3 Å². The van der Waals surface area contributed by atoms with Gasteiger partial charge in [0.05, 0.1) is 0 Å². The van der Waals surface area contributed by atoms with Crippen LogP contribution < -0.4 is 5.73 Å². The summed E-state index contributed by atoms with van der Waals surface area (Å²) in [6.45, 7) is 14.7. The zero-order valence-corrected chi connectivity index (χ0v) is 7.78. The highest BCUT2D eigenvalue weighted by atomic mass is 14.6. The second-order valence-corrected chi connectivity index (χ2v) is 3.74. The van der Waals surface area contributed by atoms with Gasteiger partial charge in [-0.2, -0.15) is 0 Å². The molecule has 0 aromatic carbocycles. The van der Waals surface area contributed by atoms with Gasteiger partial charge in [-0.3, -0.25) is 0 Å². The molecule has 0 aliphatic carbocycles. The number of hydrogen-bond acceptors (Lipinski definition) is 1. The maximum absolute atomic E-state index is 5.58. The van der Waals surface area contributed by atoms with E-state index in [2.05, 4.69) is 33.9 Å². The van der Waals surface area contributed by atoms with E-state index in [1.165, 1.54) is 0 Å². The van der Waals surface area contributed by atoms with Crippen LogP contribution in [0.2, 0.25) is 0 Å². The van der Waals surface area contributed by atoms with Gasteiger partial charge in [0.15, 0.2) is 0 Å². The molecule has 0 aromatic rings. The molecule has 0 bridgehead atoms. The molecule has 1 heteroatoms. The van der Waals surface area contributed by atoms with Crippen LogP contribution in [0.3, 0.4) is 0 Å². The number of rotatable bonds is 1. The molecule has 2 N–H and O–H groups in total. The molecule has 0 aromatic heterocycles. The smallest absolute Gasteiger partial charge is 0.00154 e. The first-order chi connectivity index (χ1) is 4.42. The predicted molar refractivity (Wildman–Crippen MR) is 49.0 cm³/mol. The second-order valence-electron chi connectivity index (χ2n) is 3.74. The Kier molecular flexibility index (Phi) is 6.79. The summed E-state index contributed by atoms with van der Waals surface area (Å²) in [6, 6.07) is 0.343. The summed E-state index contributed by atoms with van der Waals surface area (Å²) in [5.41, 5.74) is 5.98. The van der Waals surface area contributed by atoms with Crippen molar-refractivity contribution in [2.24, 2.45) is 11.1 Å². The van der Waals surface area contributed by atoms with E-state index in [1.807, 2.05) is 6.92 Å². The average Bonchev–Trinajstić information content (AvgIpc) is 1.64. The van der Waals surface area contributed by atoms with Crippen LogP contribution in [0.25, 0.3) is 0 Å². The molecule has 0 aliphatic rings. The maximum atomic E-state index is 5.58. The van der Waals surface area contributed by atoms with Crippen molar-refractivity contribution in [1.29, 1.82) is 0 Å². The molecule has 0 spiro atoms. The first-order valence-electron chi connectivity index (χ1n) is 3.67. The topological polar surface area (TPSA) is 26.0 Å². The van der Waals surface area contributed by atoms with E-state index in [9.17, 15) is 0 Å². The maximum Gasteiger partial charge on any atom is 0.00154 e. The van der Waals surface area contributed by atoms with Crippen molar-refractivity contribution in [3.63, 3.8) is 0 Å². The number of nitrogens with two attached hydrogens (primary N) is 1. The van der Waals surface area contributed by atoms with Gasteiger partial charge in [-0.15, -0.1) is 13.2 Å². The zero-order valence-electron chi connectivity index (χ0n) is 7.78. The van der Waals surface area contributed by atoms with E-state index in [0.29, 0.717) is 11.5 Å². The van der Waals surface area contributed by atoms with Crippen molar-refractivity contribution >= 4 is 0 Å². The standard InChI is InChI=1S/C7H17N.C2H4/c1-6(8)5-7(2,3)4;1-2/h6H,5,8H2,1-4H3;1-2H2. The third-order valence-corrected chi connectivity index (χ3v) is 0.934. The van der Waals surface area contributed by atoms with Crippen molar-refractivity contribution in [3.8, 4) is 0 Å². The minimum atomic E-state index is 0.343. The fourth-order valence-corrected chi connectivity index (χ4v) is 0.966. The summed E-state index contributed by atoms with van der Waals surface area (Å²) in [7, 11) is 0. The second kappa shape index (κ2) is 5.48. The minimum Gasteiger partial charge on any atom is -0.328 e. The molecule has 0 saturated heterocycles. The fraction of sp³-hybridized carbons (Fsp3) is 0.778. The molecule has 0 saturated carbocycles. The van der Waals surface area contributed by atoms with Crippen LogP contribution in [-0.4, -0.2) is 6.04 Å². The van der Waals surface area contributed by atoms with Crippen LogP contribution in [0, 0.1) is 5.41 Å². The Morgan fingerprint density at radius 1 is 1.30 bits per heavy atom. The third-order valence-electron chi connectivity index (χ3n) is 0.934. The molecular weight excluding hydrogens is 122 g/mol. The lowest BCUT2D eigenvalue weighted by molar-refractivity contribution is 0.349. The highest BCUT2D eigenvalue weighted by Crippen LogP contribution is 2.19. The summed E-state index contributed by atoms with van der Waals surface area (Å²) in [5, 5.41) is 0. The molecule has 0 fully saturated rings. The van der Waals surface area contributed by atoms with E-state index in [-0.39, 0.29) is 0 Å². The van der Waals surface area contributed by atoms with Crippen molar-refractivity contribution < 1.29 is 0 Å². The largest absolute Gasteiger partial charge is 0.328 e. The Morgan fingerprint density at radius 3 is 1.60 bits per heavy atom. The summed E-state index contributed by atoms with van der Waals surface area (Å²) in [6.07, 6.45) is 1.10. The lowest BCUT2D eigenvalue weighted by Crippen LogP contribution is -2.22. The molecule has 0 aliphatic heterocycles. The summed E-state index contributed by atoms with van der Waals surface area (Å²) < 4.78 is 0. The lowest BCUT2D eigenvalue weighted by atomic mass is 9.89. The lowest BCUT2D eigenvalue weighted by Gasteiger charge is -2.19. The molecular formula is C9H21N. The zero-order chi connectivity index (χ0) is 8.78. The van der Waals surface area contributed by atoms with Crippen molar-refractivity contribution in [2.75, 3.05) is 0 Å². The van der Waals surface area contributed by atoms with Gasteiger partial charge < -0.3 is 5.73 Å². The number of hydrogen-bond donors (Lipinski definition) is 1. The highest BCUT2D eigenvalue weighted by Gasteiger charge is 2.11. The molecule has 0 amide bonds. The van der Waals surface area contributed by atoms with Gasteiger partial charge in [-0.1, -0.05) is 20.8 Å². The van der Waals surface area contributed by atoms with Crippen molar-refractivity contribution in [3.05, 3.63) is 13.2 Å². The molecule has 1 atom stereocenters. The van der Waals surface area contributed by atoms with Gasteiger partial charge >= 0.3 is 0 Å². The minimum absolute atomic E-state index is 0.343. The van der Waals surface area contributed by atoms with Gasteiger partial charge in [0, 0.05) is 6.04 Å². The van der Waals surface area contributed by atoms with E-state index >= 15 is 0 Å². The van der Waals surface area contributed by atoms with E-state index in [1.54, 1.807) is 0 Å². The fourth-order valence-electron chi connectivity index (χ4n) is 0.966. The highest BCUT2D eigenvalue weighted by molar-refractivity contribution is 4.66. The van der Waals surface area contributed by atoms with Crippen molar-refractivity contribution in [2.45, 2.75) is 40.2 Å². The first kappa shape index (κ1) is 12.4. The van der Waals surface area contributed by atoms with Crippen LogP contribution in [0.15, 0.2) is 13.2 Å². The van der Waals surface area contributed by atoms with Crippen molar-refractivity contribution in [1.82, 2.24) is 0 Å². The first-order valence-corrected chi connectivity index (χ1v) is 3.67. The van der Waals surface area contributed by atoms with E-state index in [4.69, 9.17) is 5.73 Å². The molecule has 0 radical (unpaired) electrons.